The van der Waals surface area contributed by atoms with Crippen molar-refractivity contribution >= 4 is 17.8 Å². The van der Waals surface area contributed by atoms with Gasteiger partial charge in [0.25, 0.3) is 5.56 Å². The molecule has 0 saturated heterocycles. The monoisotopic (exact) mass is 135 g/mol. The van der Waals surface area contributed by atoms with Gasteiger partial charge in [0.15, 0.2) is 11.5 Å². The van der Waals surface area contributed by atoms with Crippen molar-refractivity contribution in [3.05, 3.63) is 16.7 Å². The molecule has 0 spiro atoms. The first-order chi connectivity index (χ1) is 4.88. The Morgan fingerprint density at radius 3 is 3.20 bits per heavy atom. The molecule has 1 aromatic rings. The number of aliphatic imine (C=N–C) groups is 1. The molecule has 1 radical (unpaired) electrons. The quantitative estimate of drug-likeness (QED) is 0.529. The number of H-pyrrole nitrogens is 1. The molecule has 1 aliphatic heterocycles. The molecule has 2 heterocycles. The highest BCUT2D eigenvalue weighted by molar-refractivity contribution is 5.78. The Labute approximate surface area is 55.8 Å². The molecule has 1 aliphatic rings. The number of rotatable bonds is 0. The van der Waals surface area contributed by atoms with Crippen LogP contribution in [0.5, 0.6) is 0 Å². The summed E-state index contributed by atoms with van der Waals surface area (Å²) in [7, 11) is 0. The molecular weight excluding hydrogens is 132 g/mol. The van der Waals surface area contributed by atoms with E-state index in [1.54, 1.807) is 0 Å². The van der Waals surface area contributed by atoms with Crippen molar-refractivity contribution < 1.29 is 0 Å². The lowest BCUT2D eigenvalue weighted by Gasteiger charge is -1.88. The van der Waals surface area contributed by atoms with Gasteiger partial charge in [0.05, 0.1) is 6.33 Å². The van der Waals surface area contributed by atoms with E-state index in [0.29, 0.717) is 11.5 Å². The maximum Gasteiger partial charge on any atom is 0.278 e. The van der Waals surface area contributed by atoms with Crippen molar-refractivity contribution in [1.82, 2.24) is 15.3 Å². The normalized spacial score (nSPS) is 12.8. The van der Waals surface area contributed by atoms with Crippen LogP contribution in [0.25, 0.3) is 0 Å². The molecule has 10 heavy (non-hydrogen) atoms. The van der Waals surface area contributed by atoms with E-state index in [9.17, 15) is 4.79 Å². The molecule has 0 aliphatic carbocycles. The van der Waals surface area contributed by atoms with Gasteiger partial charge in [-0.15, -0.1) is 0 Å². The fourth-order valence-electron chi connectivity index (χ4n) is 0.735. The van der Waals surface area contributed by atoms with Crippen molar-refractivity contribution in [2.45, 2.75) is 0 Å². The molecule has 2 rings (SSSR count). The summed E-state index contributed by atoms with van der Waals surface area (Å²) in [4.78, 5) is 20.7. The van der Waals surface area contributed by atoms with E-state index in [1.165, 1.54) is 12.7 Å². The average molecular weight is 135 g/mol. The van der Waals surface area contributed by atoms with Crippen LogP contribution in [0, 0.1) is 0 Å². The maximum atomic E-state index is 10.8. The maximum absolute atomic E-state index is 10.8. The van der Waals surface area contributed by atoms with Crippen LogP contribution in [0.15, 0.2) is 16.1 Å². The van der Waals surface area contributed by atoms with Crippen LogP contribution in [0.2, 0.25) is 0 Å². The molecule has 49 valence electrons. The second-order valence-electron chi connectivity index (χ2n) is 1.78. The Balaban J connectivity index is 2.77. The van der Waals surface area contributed by atoms with Gasteiger partial charge in [-0.05, 0) is 0 Å². The number of hydrogen-bond donors (Lipinski definition) is 1. The number of nitrogens with zero attached hydrogens (tertiary/aromatic N) is 3. The molecule has 0 fully saturated rings. The predicted octanol–water partition coefficient (Wildman–Crippen LogP) is -0.321. The standard InChI is InChI=1S/C5H3N4O/c10-5-3-4(7-1-6-3)8-2-9-5/h1-2H,(H,8,9,10). The minimum atomic E-state index is -0.248. The largest absolute Gasteiger partial charge is 0.311 e. The van der Waals surface area contributed by atoms with E-state index in [1.807, 2.05) is 0 Å². The van der Waals surface area contributed by atoms with E-state index >= 15 is 0 Å². The van der Waals surface area contributed by atoms with Crippen LogP contribution in [0.4, 0.5) is 11.5 Å². The summed E-state index contributed by atoms with van der Waals surface area (Å²) in [5, 5.41) is 3.70. The third kappa shape index (κ3) is 0.540. The van der Waals surface area contributed by atoms with Crippen LogP contribution in [0.1, 0.15) is 0 Å². The highest BCUT2D eigenvalue weighted by atomic mass is 16.1. The fraction of sp³-hybridized carbons (Fsp3) is 0. The summed E-state index contributed by atoms with van der Waals surface area (Å²) in [6, 6.07) is 0. The van der Waals surface area contributed by atoms with Crippen molar-refractivity contribution in [3.63, 3.8) is 0 Å². The van der Waals surface area contributed by atoms with Gasteiger partial charge in [0.1, 0.15) is 6.34 Å². The summed E-state index contributed by atoms with van der Waals surface area (Å²) < 4.78 is 0. The smallest absolute Gasteiger partial charge is 0.278 e. The SMILES string of the molecule is O=c1[nH]cnc2c1[N]C=N2. The van der Waals surface area contributed by atoms with Gasteiger partial charge < -0.3 is 4.98 Å². The molecule has 5 heteroatoms. The molecule has 0 saturated carbocycles. The van der Waals surface area contributed by atoms with Gasteiger partial charge in [-0.1, -0.05) is 0 Å². The summed E-state index contributed by atoms with van der Waals surface area (Å²) in [6.07, 6.45) is 2.62. The number of nitrogens with one attached hydrogen (secondary N) is 1. The number of hydrogen-bond acceptors (Lipinski definition) is 3. The minimum Gasteiger partial charge on any atom is -0.311 e. The third-order valence-electron chi connectivity index (χ3n) is 1.18. The third-order valence-corrected chi connectivity index (χ3v) is 1.18. The number of aromatic nitrogens is 2. The predicted molar refractivity (Wildman–Crippen MR) is 34.8 cm³/mol. The average Bonchev–Trinajstić information content (AvgIpc) is 2.36. The van der Waals surface area contributed by atoms with Crippen LogP contribution >= 0.6 is 0 Å². The molecule has 0 amide bonds. The Hall–Kier alpha value is -1.65. The van der Waals surface area contributed by atoms with E-state index in [4.69, 9.17) is 0 Å². The first-order valence-corrected chi connectivity index (χ1v) is 2.69. The Kier molecular flexibility index (Phi) is 0.858. The van der Waals surface area contributed by atoms with Gasteiger partial charge in [-0.2, -0.15) is 0 Å². The van der Waals surface area contributed by atoms with Gasteiger partial charge in [-0.25, -0.2) is 15.3 Å². The van der Waals surface area contributed by atoms with Crippen LogP contribution in [-0.4, -0.2) is 16.3 Å². The van der Waals surface area contributed by atoms with Crippen LogP contribution in [-0.2, 0) is 0 Å². The van der Waals surface area contributed by atoms with Gasteiger partial charge in [0.2, 0.25) is 0 Å². The zero-order valence-electron chi connectivity index (χ0n) is 4.90. The van der Waals surface area contributed by atoms with Crippen molar-refractivity contribution in [3.8, 4) is 0 Å². The first-order valence-electron chi connectivity index (χ1n) is 2.69. The van der Waals surface area contributed by atoms with Gasteiger partial charge in [0, 0.05) is 0 Å². The molecule has 1 N–H and O–H groups in total. The lowest BCUT2D eigenvalue weighted by Crippen LogP contribution is -2.09. The Morgan fingerprint density at radius 2 is 2.40 bits per heavy atom. The van der Waals surface area contributed by atoms with E-state index in [0.717, 1.165) is 0 Å². The first kappa shape index (κ1) is 5.16. The molecular formula is C5H3N4O. The van der Waals surface area contributed by atoms with E-state index in [2.05, 4.69) is 20.3 Å². The summed E-state index contributed by atoms with van der Waals surface area (Å²) in [5.74, 6) is 0.392. The van der Waals surface area contributed by atoms with Crippen molar-refractivity contribution in [1.29, 1.82) is 0 Å². The second-order valence-corrected chi connectivity index (χ2v) is 1.78. The zero-order chi connectivity index (χ0) is 6.97. The Morgan fingerprint density at radius 1 is 1.50 bits per heavy atom. The molecule has 0 aromatic carbocycles. The minimum absolute atomic E-state index is 0.248. The van der Waals surface area contributed by atoms with Crippen molar-refractivity contribution in [2.24, 2.45) is 4.99 Å². The fourth-order valence-corrected chi connectivity index (χ4v) is 0.735. The summed E-state index contributed by atoms with van der Waals surface area (Å²) in [6.45, 7) is 0. The van der Waals surface area contributed by atoms with Crippen LogP contribution < -0.4 is 10.9 Å². The molecule has 0 unspecified atom stereocenters. The second kappa shape index (κ2) is 1.66. The topological polar surface area (TPSA) is 72.2 Å². The molecule has 0 bridgehead atoms. The van der Waals surface area contributed by atoms with Gasteiger partial charge in [-0.3, -0.25) is 4.79 Å². The van der Waals surface area contributed by atoms with Crippen molar-refractivity contribution in [2.75, 3.05) is 0 Å². The summed E-state index contributed by atoms with van der Waals surface area (Å²) >= 11 is 0. The lowest BCUT2D eigenvalue weighted by atomic mass is 10.5. The number of aromatic amines is 1. The summed E-state index contributed by atoms with van der Waals surface area (Å²) in [5.41, 5.74) is 0.0463. The van der Waals surface area contributed by atoms with Crippen LogP contribution in [0.3, 0.4) is 0 Å². The lowest BCUT2D eigenvalue weighted by molar-refractivity contribution is 1.09. The highest BCUT2D eigenvalue weighted by Crippen LogP contribution is 2.18. The molecule has 0 atom stereocenters. The Bertz CT molecular complexity index is 340. The molecule has 5 nitrogen and oxygen atoms in total. The van der Waals surface area contributed by atoms with Gasteiger partial charge >= 0.3 is 0 Å². The zero-order valence-corrected chi connectivity index (χ0v) is 4.90. The highest BCUT2D eigenvalue weighted by Gasteiger charge is 2.11. The van der Waals surface area contributed by atoms with E-state index < -0.39 is 0 Å². The molecule has 1 aromatic heterocycles. The van der Waals surface area contributed by atoms with E-state index in [-0.39, 0.29) is 5.56 Å². The number of fused-ring (bicyclic) bond motifs is 1.